The Morgan fingerprint density at radius 2 is 1.83 bits per heavy atom. The van der Waals surface area contributed by atoms with Crippen LogP contribution < -0.4 is 5.73 Å². The number of benzene rings is 2. The molecule has 3 aromatic rings. The summed E-state index contributed by atoms with van der Waals surface area (Å²) in [7, 11) is 2.07. The molecule has 0 aliphatic heterocycles. The molecule has 1 heterocycles. The molecule has 0 radical (unpaired) electrons. The van der Waals surface area contributed by atoms with E-state index in [0.29, 0.717) is 6.54 Å². The Labute approximate surface area is 107 Å². The van der Waals surface area contributed by atoms with Crippen LogP contribution in [-0.2, 0) is 13.6 Å². The zero-order chi connectivity index (χ0) is 12.5. The molecule has 0 atom stereocenters. The highest BCUT2D eigenvalue weighted by molar-refractivity contribution is 5.85. The minimum absolute atomic E-state index is 0.585. The standard InChI is InChI=1S/C16H16N2/c1-18-8-7-15-10-14(5-6-16(15)18)13-4-2-3-12(9-13)11-17/h2-10H,11,17H2,1H3. The predicted molar refractivity (Wildman–Crippen MR) is 76.2 cm³/mol. The maximum absolute atomic E-state index is 5.69. The smallest absolute Gasteiger partial charge is 0.0478 e. The molecule has 0 spiro atoms. The van der Waals surface area contributed by atoms with Gasteiger partial charge in [-0.25, -0.2) is 0 Å². The summed E-state index contributed by atoms with van der Waals surface area (Å²) in [5.74, 6) is 0. The molecule has 0 bridgehead atoms. The Morgan fingerprint density at radius 3 is 2.67 bits per heavy atom. The summed E-state index contributed by atoms with van der Waals surface area (Å²) in [6.07, 6.45) is 2.09. The third-order valence-corrected chi connectivity index (χ3v) is 3.38. The van der Waals surface area contributed by atoms with E-state index in [4.69, 9.17) is 5.73 Å². The third-order valence-electron chi connectivity index (χ3n) is 3.38. The lowest BCUT2D eigenvalue weighted by atomic mass is 10.0. The van der Waals surface area contributed by atoms with Crippen molar-refractivity contribution in [1.29, 1.82) is 0 Å². The van der Waals surface area contributed by atoms with Crippen molar-refractivity contribution in [3.05, 3.63) is 60.3 Å². The van der Waals surface area contributed by atoms with Crippen LogP contribution in [0.25, 0.3) is 22.0 Å². The van der Waals surface area contributed by atoms with Crippen LogP contribution in [0.4, 0.5) is 0 Å². The highest BCUT2D eigenvalue weighted by Crippen LogP contribution is 2.25. The van der Waals surface area contributed by atoms with Crippen molar-refractivity contribution in [3.63, 3.8) is 0 Å². The third kappa shape index (κ3) is 1.81. The van der Waals surface area contributed by atoms with Crippen LogP contribution >= 0.6 is 0 Å². The van der Waals surface area contributed by atoms with Crippen molar-refractivity contribution in [3.8, 4) is 11.1 Å². The Balaban J connectivity index is 2.13. The molecule has 90 valence electrons. The second-order valence-electron chi connectivity index (χ2n) is 4.60. The molecular formula is C16H16N2. The van der Waals surface area contributed by atoms with Gasteiger partial charge < -0.3 is 10.3 Å². The van der Waals surface area contributed by atoms with Gasteiger partial charge in [0.15, 0.2) is 0 Å². The Kier molecular flexibility index (Phi) is 2.65. The average Bonchev–Trinajstić information content (AvgIpc) is 2.80. The molecule has 0 fully saturated rings. The van der Waals surface area contributed by atoms with Crippen LogP contribution in [-0.4, -0.2) is 4.57 Å². The van der Waals surface area contributed by atoms with Gasteiger partial charge in [-0.15, -0.1) is 0 Å². The van der Waals surface area contributed by atoms with Gasteiger partial charge in [-0.05, 0) is 41.0 Å². The van der Waals surface area contributed by atoms with Gasteiger partial charge in [0.25, 0.3) is 0 Å². The van der Waals surface area contributed by atoms with Crippen LogP contribution in [0.15, 0.2) is 54.7 Å². The van der Waals surface area contributed by atoms with E-state index in [1.54, 1.807) is 0 Å². The maximum atomic E-state index is 5.69. The van der Waals surface area contributed by atoms with E-state index in [1.165, 1.54) is 27.6 Å². The van der Waals surface area contributed by atoms with Gasteiger partial charge >= 0.3 is 0 Å². The van der Waals surface area contributed by atoms with Gasteiger partial charge in [-0.1, -0.05) is 24.3 Å². The summed E-state index contributed by atoms with van der Waals surface area (Å²) in [6, 6.07) is 17.1. The summed E-state index contributed by atoms with van der Waals surface area (Å²) in [5.41, 5.74) is 10.6. The number of rotatable bonds is 2. The Morgan fingerprint density at radius 1 is 1.00 bits per heavy atom. The summed E-state index contributed by atoms with van der Waals surface area (Å²) in [4.78, 5) is 0. The first-order chi connectivity index (χ1) is 8.78. The zero-order valence-corrected chi connectivity index (χ0v) is 10.4. The van der Waals surface area contributed by atoms with E-state index in [-0.39, 0.29) is 0 Å². The van der Waals surface area contributed by atoms with Crippen LogP contribution in [0.1, 0.15) is 5.56 Å². The summed E-state index contributed by atoms with van der Waals surface area (Å²) < 4.78 is 2.13. The maximum Gasteiger partial charge on any atom is 0.0478 e. The molecule has 0 aliphatic rings. The molecule has 0 aliphatic carbocycles. The van der Waals surface area contributed by atoms with E-state index in [2.05, 4.69) is 66.3 Å². The van der Waals surface area contributed by atoms with Gasteiger partial charge in [-0.2, -0.15) is 0 Å². The van der Waals surface area contributed by atoms with Gasteiger partial charge in [0, 0.05) is 30.7 Å². The number of nitrogens with zero attached hydrogens (tertiary/aromatic N) is 1. The lowest BCUT2D eigenvalue weighted by Gasteiger charge is -2.05. The summed E-state index contributed by atoms with van der Waals surface area (Å²) in [6.45, 7) is 0.585. The predicted octanol–water partition coefficient (Wildman–Crippen LogP) is 3.30. The van der Waals surface area contributed by atoms with Crippen molar-refractivity contribution in [2.45, 2.75) is 6.54 Å². The average molecular weight is 236 g/mol. The number of aromatic nitrogens is 1. The number of aryl methyl sites for hydroxylation is 1. The highest BCUT2D eigenvalue weighted by Gasteiger charge is 2.02. The molecule has 1 aromatic heterocycles. The van der Waals surface area contributed by atoms with Crippen LogP contribution in [0.3, 0.4) is 0 Å². The number of hydrogen-bond donors (Lipinski definition) is 1. The normalized spacial score (nSPS) is 11.0. The Hall–Kier alpha value is -2.06. The first-order valence-electron chi connectivity index (χ1n) is 6.12. The van der Waals surface area contributed by atoms with E-state index < -0.39 is 0 Å². The van der Waals surface area contributed by atoms with Crippen molar-refractivity contribution >= 4 is 10.9 Å². The van der Waals surface area contributed by atoms with Gasteiger partial charge in [-0.3, -0.25) is 0 Å². The number of nitrogens with two attached hydrogens (primary N) is 1. The fourth-order valence-electron chi connectivity index (χ4n) is 2.34. The molecule has 2 nitrogen and oxygen atoms in total. The fourth-order valence-corrected chi connectivity index (χ4v) is 2.34. The second kappa shape index (κ2) is 4.31. The van der Waals surface area contributed by atoms with Crippen LogP contribution in [0, 0.1) is 0 Å². The van der Waals surface area contributed by atoms with E-state index in [1.807, 2.05) is 0 Å². The molecule has 2 N–H and O–H groups in total. The number of fused-ring (bicyclic) bond motifs is 1. The molecule has 0 amide bonds. The fraction of sp³-hybridized carbons (Fsp3) is 0.125. The molecule has 2 heteroatoms. The van der Waals surface area contributed by atoms with Crippen LogP contribution in [0.5, 0.6) is 0 Å². The molecule has 18 heavy (non-hydrogen) atoms. The van der Waals surface area contributed by atoms with Crippen molar-refractivity contribution < 1.29 is 0 Å². The monoisotopic (exact) mass is 236 g/mol. The highest BCUT2D eigenvalue weighted by atomic mass is 14.9. The Bertz CT molecular complexity index is 695. The summed E-state index contributed by atoms with van der Waals surface area (Å²) >= 11 is 0. The largest absolute Gasteiger partial charge is 0.351 e. The molecule has 0 saturated carbocycles. The molecule has 0 unspecified atom stereocenters. The molecule has 0 saturated heterocycles. The minimum atomic E-state index is 0.585. The molecule has 3 rings (SSSR count). The van der Waals surface area contributed by atoms with E-state index in [9.17, 15) is 0 Å². The van der Waals surface area contributed by atoms with E-state index in [0.717, 1.165) is 0 Å². The SMILES string of the molecule is Cn1ccc2cc(-c3cccc(CN)c3)ccc21. The first-order valence-corrected chi connectivity index (χ1v) is 6.12. The topological polar surface area (TPSA) is 30.9 Å². The van der Waals surface area contributed by atoms with Crippen molar-refractivity contribution in [2.75, 3.05) is 0 Å². The quantitative estimate of drug-likeness (QED) is 0.727. The van der Waals surface area contributed by atoms with Crippen LogP contribution in [0.2, 0.25) is 0 Å². The zero-order valence-electron chi connectivity index (χ0n) is 10.4. The molecular weight excluding hydrogens is 220 g/mol. The van der Waals surface area contributed by atoms with E-state index >= 15 is 0 Å². The lowest BCUT2D eigenvalue weighted by molar-refractivity contribution is 0.969. The van der Waals surface area contributed by atoms with Crippen molar-refractivity contribution in [1.82, 2.24) is 4.57 Å². The van der Waals surface area contributed by atoms with Crippen molar-refractivity contribution in [2.24, 2.45) is 12.8 Å². The van der Waals surface area contributed by atoms with Gasteiger partial charge in [0.2, 0.25) is 0 Å². The second-order valence-corrected chi connectivity index (χ2v) is 4.60. The minimum Gasteiger partial charge on any atom is -0.351 e. The van der Waals surface area contributed by atoms with Gasteiger partial charge in [0.1, 0.15) is 0 Å². The molecule has 2 aromatic carbocycles. The van der Waals surface area contributed by atoms with Gasteiger partial charge in [0.05, 0.1) is 0 Å². The summed E-state index contributed by atoms with van der Waals surface area (Å²) in [5, 5.41) is 1.27. The lowest BCUT2D eigenvalue weighted by Crippen LogP contribution is -1.95. The first kappa shape index (κ1) is 11.1. The number of hydrogen-bond acceptors (Lipinski definition) is 1.